The lowest BCUT2D eigenvalue weighted by Gasteiger charge is -2.30. The van der Waals surface area contributed by atoms with Gasteiger partial charge in [0, 0.05) is 32.0 Å². The summed E-state index contributed by atoms with van der Waals surface area (Å²) in [6.45, 7) is 4.96. The van der Waals surface area contributed by atoms with Gasteiger partial charge in [0.05, 0.1) is 5.56 Å². The summed E-state index contributed by atoms with van der Waals surface area (Å²) < 4.78 is 0. The fourth-order valence-corrected chi connectivity index (χ4v) is 3.54. The molecule has 130 valence electrons. The van der Waals surface area contributed by atoms with Crippen LogP contribution in [0.15, 0.2) is 24.0 Å². The van der Waals surface area contributed by atoms with Gasteiger partial charge in [-0.1, -0.05) is 18.6 Å². The summed E-state index contributed by atoms with van der Waals surface area (Å²) in [6.07, 6.45) is 14.0. The largest absolute Gasteiger partial charge is 0.352 e. The molecule has 1 aliphatic carbocycles. The van der Waals surface area contributed by atoms with E-state index in [1.807, 2.05) is 0 Å². The first-order valence-corrected chi connectivity index (χ1v) is 9.25. The van der Waals surface area contributed by atoms with Crippen LogP contribution in [0.1, 0.15) is 62.2 Å². The smallest absolute Gasteiger partial charge is 0.254 e. The molecule has 1 aromatic rings. The van der Waals surface area contributed by atoms with Crippen LogP contribution in [-0.2, 0) is 0 Å². The fourth-order valence-electron chi connectivity index (χ4n) is 3.54. The minimum atomic E-state index is -0.0787. The zero-order valence-corrected chi connectivity index (χ0v) is 14.6. The predicted molar refractivity (Wildman–Crippen MR) is 96.1 cm³/mol. The quantitative estimate of drug-likeness (QED) is 0.842. The van der Waals surface area contributed by atoms with Gasteiger partial charge in [-0.15, -0.1) is 0 Å². The number of rotatable bonds is 5. The number of nitrogens with one attached hydrogen (secondary N) is 1. The third kappa shape index (κ3) is 4.56. The summed E-state index contributed by atoms with van der Waals surface area (Å²) in [4.78, 5) is 23.2. The molecule has 2 heterocycles. The molecule has 1 N–H and O–H groups in total. The molecule has 1 aliphatic heterocycles. The van der Waals surface area contributed by atoms with Gasteiger partial charge in [0.2, 0.25) is 5.95 Å². The summed E-state index contributed by atoms with van der Waals surface area (Å²) in [5.41, 5.74) is 2.02. The van der Waals surface area contributed by atoms with Gasteiger partial charge in [0.1, 0.15) is 0 Å². The lowest BCUT2D eigenvalue weighted by atomic mass is 9.97. The van der Waals surface area contributed by atoms with Crippen LogP contribution in [-0.4, -0.2) is 35.5 Å². The van der Waals surface area contributed by atoms with Gasteiger partial charge in [-0.25, -0.2) is 9.97 Å². The third-order valence-electron chi connectivity index (χ3n) is 4.96. The van der Waals surface area contributed by atoms with Crippen molar-refractivity contribution in [2.45, 2.75) is 51.9 Å². The summed E-state index contributed by atoms with van der Waals surface area (Å²) in [7, 11) is 0. The molecular weight excluding hydrogens is 300 g/mol. The van der Waals surface area contributed by atoms with E-state index in [0.29, 0.717) is 18.0 Å². The fraction of sp³-hybridized carbons (Fsp3) is 0.632. The van der Waals surface area contributed by atoms with E-state index in [-0.39, 0.29) is 5.91 Å². The van der Waals surface area contributed by atoms with E-state index in [1.165, 1.54) is 44.1 Å². The number of anilines is 1. The molecule has 3 rings (SSSR count). The summed E-state index contributed by atoms with van der Waals surface area (Å²) in [5.74, 6) is 1.34. The molecule has 1 saturated heterocycles. The first kappa shape index (κ1) is 16.9. The van der Waals surface area contributed by atoms with Crippen LogP contribution in [0.2, 0.25) is 0 Å². The van der Waals surface area contributed by atoms with E-state index in [1.54, 1.807) is 12.4 Å². The second kappa shape index (κ2) is 8.27. The Labute approximate surface area is 144 Å². The Morgan fingerprint density at radius 2 is 2.12 bits per heavy atom. The Bertz CT molecular complexity index is 582. The molecule has 1 amide bonds. The molecular formula is C19H28N4O. The molecule has 0 spiro atoms. The second-order valence-electron chi connectivity index (χ2n) is 7.08. The molecule has 5 nitrogen and oxygen atoms in total. The summed E-state index contributed by atoms with van der Waals surface area (Å²) >= 11 is 0. The zero-order valence-electron chi connectivity index (χ0n) is 14.6. The Kier molecular flexibility index (Phi) is 5.83. The number of amides is 1. The van der Waals surface area contributed by atoms with Crippen LogP contribution in [0, 0.1) is 5.92 Å². The number of hydrogen-bond acceptors (Lipinski definition) is 4. The van der Waals surface area contributed by atoms with Crippen molar-refractivity contribution < 1.29 is 4.79 Å². The van der Waals surface area contributed by atoms with Crippen molar-refractivity contribution >= 4 is 11.9 Å². The van der Waals surface area contributed by atoms with Crippen molar-refractivity contribution in [3.05, 3.63) is 29.6 Å². The summed E-state index contributed by atoms with van der Waals surface area (Å²) in [6, 6.07) is 0. The second-order valence-corrected chi connectivity index (χ2v) is 7.08. The first-order chi connectivity index (χ1) is 11.7. The SMILES string of the molecule is CC1CCCN(c2ncc(C(=O)NCCC3=CCCCC3)cn2)C1. The predicted octanol–water partition coefficient (Wildman–Crippen LogP) is 3.33. The van der Waals surface area contributed by atoms with Crippen LogP contribution in [0.5, 0.6) is 0 Å². The van der Waals surface area contributed by atoms with Gasteiger partial charge in [-0.05, 0) is 50.9 Å². The molecule has 0 radical (unpaired) electrons. The van der Waals surface area contributed by atoms with Gasteiger partial charge in [-0.3, -0.25) is 4.79 Å². The van der Waals surface area contributed by atoms with Crippen LogP contribution >= 0.6 is 0 Å². The number of hydrogen-bond donors (Lipinski definition) is 1. The van der Waals surface area contributed by atoms with Crippen molar-refractivity contribution in [3.63, 3.8) is 0 Å². The molecule has 2 aliphatic rings. The first-order valence-electron chi connectivity index (χ1n) is 9.25. The van der Waals surface area contributed by atoms with Gasteiger partial charge in [0.25, 0.3) is 5.91 Å². The summed E-state index contributed by atoms with van der Waals surface area (Å²) in [5, 5.41) is 2.98. The molecule has 5 heteroatoms. The third-order valence-corrected chi connectivity index (χ3v) is 4.96. The number of nitrogens with zero attached hydrogens (tertiary/aromatic N) is 3. The van der Waals surface area contributed by atoms with Crippen LogP contribution in [0.4, 0.5) is 5.95 Å². The lowest BCUT2D eigenvalue weighted by molar-refractivity contribution is 0.0953. The van der Waals surface area contributed by atoms with Gasteiger partial charge < -0.3 is 10.2 Å². The topological polar surface area (TPSA) is 58.1 Å². The Balaban J connectivity index is 1.49. The maximum Gasteiger partial charge on any atom is 0.254 e. The molecule has 0 bridgehead atoms. The minimum Gasteiger partial charge on any atom is -0.352 e. The standard InChI is InChI=1S/C19H28N4O/c1-15-6-5-11-23(14-15)19-21-12-17(13-22-19)18(24)20-10-9-16-7-3-2-4-8-16/h7,12-13,15H,2-6,8-11,14H2,1H3,(H,20,24). The highest BCUT2D eigenvalue weighted by atomic mass is 16.1. The lowest BCUT2D eigenvalue weighted by Crippen LogP contribution is -2.35. The maximum atomic E-state index is 12.2. The highest BCUT2D eigenvalue weighted by Gasteiger charge is 2.18. The van der Waals surface area contributed by atoms with Crippen molar-refractivity contribution in [1.82, 2.24) is 15.3 Å². The van der Waals surface area contributed by atoms with Crippen LogP contribution in [0.25, 0.3) is 0 Å². The average molecular weight is 328 g/mol. The zero-order chi connectivity index (χ0) is 16.8. The van der Waals surface area contributed by atoms with Crippen molar-refractivity contribution in [3.8, 4) is 0 Å². The van der Waals surface area contributed by atoms with Gasteiger partial charge in [0.15, 0.2) is 0 Å². The molecule has 1 atom stereocenters. The maximum absolute atomic E-state index is 12.2. The number of allylic oxidation sites excluding steroid dienone is 1. The van der Waals surface area contributed by atoms with Gasteiger partial charge >= 0.3 is 0 Å². The van der Waals surface area contributed by atoms with Crippen molar-refractivity contribution in [1.29, 1.82) is 0 Å². The van der Waals surface area contributed by atoms with E-state index in [9.17, 15) is 4.79 Å². The number of piperidine rings is 1. The minimum absolute atomic E-state index is 0.0787. The average Bonchev–Trinajstić information content (AvgIpc) is 2.63. The van der Waals surface area contributed by atoms with E-state index < -0.39 is 0 Å². The number of carbonyl (C=O) groups excluding carboxylic acids is 1. The van der Waals surface area contributed by atoms with Gasteiger partial charge in [-0.2, -0.15) is 0 Å². The van der Waals surface area contributed by atoms with Crippen LogP contribution < -0.4 is 10.2 Å². The molecule has 1 aromatic heterocycles. The molecule has 24 heavy (non-hydrogen) atoms. The normalized spacial score (nSPS) is 21.3. The van der Waals surface area contributed by atoms with Crippen LogP contribution in [0.3, 0.4) is 0 Å². The Morgan fingerprint density at radius 3 is 2.83 bits per heavy atom. The Morgan fingerprint density at radius 1 is 1.29 bits per heavy atom. The van der Waals surface area contributed by atoms with E-state index in [4.69, 9.17) is 0 Å². The van der Waals surface area contributed by atoms with E-state index in [0.717, 1.165) is 25.5 Å². The molecule has 1 fully saturated rings. The van der Waals surface area contributed by atoms with Crippen molar-refractivity contribution in [2.75, 3.05) is 24.5 Å². The Hall–Kier alpha value is -1.91. The van der Waals surface area contributed by atoms with E-state index >= 15 is 0 Å². The highest BCUT2D eigenvalue weighted by molar-refractivity contribution is 5.93. The molecule has 0 saturated carbocycles. The number of carbonyl (C=O) groups is 1. The van der Waals surface area contributed by atoms with E-state index in [2.05, 4.69) is 33.2 Å². The molecule has 0 aromatic carbocycles. The van der Waals surface area contributed by atoms with Crippen molar-refractivity contribution in [2.24, 2.45) is 5.92 Å². The molecule has 1 unspecified atom stereocenters. The number of aromatic nitrogens is 2. The monoisotopic (exact) mass is 328 g/mol. The highest BCUT2D eigenvalue weighted by Crippen LogP contribution is 2.20.